The number of thioether (sulfide) groups is 1. The Morgan fingerprint density at radius 1 is 1.03 bits per heavy atom. The van der Waals surface area contributed by atoms with Crippen LogP contribution in [0.5, 0.6) is 0 Å². The van der Waals surface area contributed by atoms with Crippen LogP contribution in [0, 0.1) is 0 Å². The number of fused-ring (bicyclic) bond motifs is 1. The second-order valence-electron chi connectivity index (χ2n) is 6.49. The molecule has 0 atom stereocenters. The monoisotopic (exact) mass is 444 g/mol. The van der Waals surface area contributed by atoms with Crippen molar-refractivity contribution in [1.29, 1.82) is 0 Å². The third-order valence-electron chi connectivity index (χ3n) is 4.60. The summed E-state index contributed by atoms with van der Waals surface area (Å²) >= 11 is 1.36. The number of amides is 1. The molecule has 0 unspecified atom stereocenters. The van der Waals surface area contributed by atoms with Gasteiger partial charge in [0.2, 0.25) is 15.9 Å². The van der Waals surface area contributed by atoms with E-state index in [1.54, 1.807) is 24.3 Å². The van der Waals surface area contributed by atoms with Gasteiger partial charge in [-0.05, 0) is 23.8 Å². The highest BCUT2D eigenvalue weighted by molar-refractivity contribution is 8.00. The summed E-state index contributed by atoms with van der Waals surface area (Å²) in [6.45, 7) is 4.81. The van der Waals surface area contributed by atoms with E-state index in [1.165, 1.54) is 22.4 Å². The molecular weight excluding hydrogens is 420 g/mol. The van der Waals surface area contributed by atoms with Crippen molar-refractivity contribution in [2.45, 2.75) is 30.3 Å². The SMILES string of the molecule is CCN(CC)S(=O)(=O)c1ccc(CNC(=O)CSc2ncnc3ccccc23)cc1. The normalized spacial score (nSPS) is 11.7. The van der Waals surface area contributed by atoms with Crippen LogP contribution in [0.4, 0.5) is 0 Å². The van der Waals surface area contributed by atoms with Gasteiger partial charge >= 0.3 is 0 Å². The van der Waals surface area contributed by atoms with Crippen molar-refractivity contribution in [3.63, 3.8) is 0 Å². The smallest absolute Gasteiger partial charge is 0.243 e. The van der Waals surface area contributed by atoms with Gasteiger partial charge in [-0.25, -0.2) is 18.4 Å². The molecule has 0 spiro atoms. The number of benzene rings is 2. The molecule has 0 saturated carbocycles. The van der Waals surface area contributed by atoms with Crippen LogP contribution in [-0.4, -0.2) is 47.4 Å². The fraction of sp³-hybridized carbons (Fsp3) is 0.286. The molecule has 9 heteroatoms. The molecule has 0 aliphatic heterocycles. The van der Waals surface area contributed by atoms with Crippen molar-refractivity contribution in [2.24, 2.45) is 0 Å². The topological polar surface area (TPSA) is 92.3 Å². The van der Waals surface area contributed by atoms with Gasteiger partial charge in [-0.2, -0.15) is 4.31 Å². The highest BCUT2D eigenvalue weighted by atomic mass is 32.2. The van der Waals surface area contributed by atoms with Crippen LogP contribution < -0.4 is 5.32 Å². The molecule has 2 aromatic carbocycles. The van der Waals surface area contributed by atoms with Crippen LogP contribution in [0.1, 0.15) is 19.4 Å². The van der Waals surface area contributed by atoms with Gasteiger partial charge in [-0.3, -0.25) is 4.79 Å². The predicted molar refractivity (Wildman–Crippen MR) is 119 cm³/mol. The third kappa shape index (κ3) is 5.16. The number of para-hydroxylation sites is 1. The molecule has 158 valence electrons. The van der Waals surface area contributed by atoms with E-state index in [0.717, 1.165) is 21.5 Å². The molecular formula is C21H24N4O3S2. The van der Waals surface area contributed by atoms with Crippen molar-refractivity contribution in [3.05, 3.63) is 60.4 Å². The second-order valence-corrected chi connectivity index (χ2v) is 9.40. The first kappa shape index (κ1) is 22.2. The Kier molecular flexibility index (Phi) is 7.41. The summed E-state index contributed by atoms with van der Waals surface area (Å²) in [6, 6.07) is 14.3. The maximum absolute atomic E-state index is 12.5. The summed E-state index contributed by atoms with van der Waals surface area (Å²) < 4.78 is 26.5. The van der Waals surface area contributed by atoms with Gasteiger partial charge < -0.3 is 5.32 Å². The van der Waals surface area contributed by atoms with E-state index < -0.39 is 10.0 Å². The molecule has 7 nitrogen and oxygen atoms in total. The summed E-state index contributed by atoms with van der Waals surface area (Å²) in [5.74, 6) is 0.109. The van der Waals surface area contributed by atoms with Gasteiger partial charge in [-0.15, -0.1) is 0 Å². The summed E-state index contributed by atoms with van der Waals surface area (Å²) in [5.41, 5.74) is 1.68. The lowest BCUT2D eigenvalue weighted by atomic mass is 10.2. The number of rotatable bonds is 9. The second kappa shape index (κ2) is 10.0. The number of hydrogen-bond acceptors (Lipinski definition) is 6. The lowest BCUT2D eigenvalue weighted by molar-refractivity contribution is -0.118. The van der Waals surface area contributed by atoms with E-state index in [1.807, 2.05) is 38.1 Å². The first-order valence-corrected chi connectivity index (χ1v) is 12.1. The predicted octanol–water partition coefficient (Wildman–Crippen LogP) is 3.07. The fourth-order valence-electron chi connectivity index (χ4n) is 2.97. The summed E-state index contributed by atoms with van der Waals surface area (Å²) in [7, 11) is -3.48. The molecule has 0 aliphatic rings. The van der Waals surface area contributed by atoms with Crippen molar-refractivity contribution in [1.82, 2.24) is 19.6 Å². The average molecular weight is 445 g/mol. The molecule has 1 heterocycles. The van der Waals surface area contributed by atoms with E-state index in [-0.39, 0.29) is 16.6 Å². The van der Waals surface area contributed by atoms with Crippen LogP contribution in [0.25, 0.3) is 10.9 Å². The molecule has 0 radical (unpaired) electrons. The summed E-state index contributed by atoms with van der Waals surface area (Å²) in [6.07, 6.45) is 1.50. The van der Waals surface area contributed by atoms with Gasteiger partial charge in [0.25, 0.3) is 0 Å². The molecule has 0 fully saturated rings. The van der Waals surface area contributed by atoms with E-state index in [2.05, 4.69) is 15.3 Å². The van der Waals surface area contributed by atoms with Gasteiger partial charge in [0.15, 0.2) is 0 Å². The number of aromatic nitrogens is 2. The Labute approximate surface area is 181 Å². The van der Waals surface area contributed by atoms with Crippen LogP contribution in [0.15, 0.2) is 64.8 Å². The Bertz CT molecular complexity index is 1110. The first-order chi connectivity index (χ1) is 14.5. The Morgan fingerprint density at radius 3 is 2.43 bits per heavy atom. The standard InChI is InChI=1S/C21H24N4O3S2/c1-3-25(4-2)30(27,28)17-11-9-16(10-12-17)13-22-20(26)14-29-21-18-7-5-6-8-19(18)23-15-24-21/h5-12,15H,3-4,13-14H2,1-2H3,(H,22,26). The zero-order valence-electron chi connectivity index (χ0n) is 16.9. The molecule has 1 aromatic heterocycles. The number of hydrogen-bond donors (Lipinski definition) is 1. The first-order valence-electron chi connectivity index (χ1n) is 9.64. The molecule has 30 heavy (non-hydrogen) atoms. The average Bonchev–Trinajstić information content (AvgIpc) is 2.77. The van der Waals surface area contributed by atoms with Gasteiger partial charge in [0.1, 0.15) is 11.4 Å². The number of nitrogens with one attached hydrogen (secondary N) is 1. The molecule has 0 saturated heterocycles. The van der Waals surface area contributed by atoms with E-state index in [9.17, 15) is 13.2 Å². The zero-order chi connectivity index (χ0) is 21.6. The van der Waals surface area contributed by atoms with Crippen molar-refractivity contribution in [2.75, 3.05) is 18.8 Å². The molecule has 3 rings (SSSR count). The maximum Gasteiger partial charge on any atom is 0.243 e. The minimum Gasteiger partial charge on any atom is -0.351 e. The third-order valence-corrected chi connectivity index (χ3v) is 7.67. The molecule has 3 aromatic rings. The van der Waals surface area contributed by atoms with Crippen LogP contribution in [0.3, 0.4) is 0 Å². The number of nitrogens with zero attached hydrogens (tertiary/aromatic N) is 3. The maximum atomic E-state index is 12.5. The zero-order valence-corrected chi connectivity index (χ0v) is 18.5. The molecule has 1 N–H and O–H groups in total. The van der Waals surface area contributed by atoms with E-state index >= 15 is 0 Å². The molecule has 0 aliphatic carbocycles. The molecule has 1 amide bonds. The Hall–Kier alpha value is -2.49. The van der Waals surface area contributed by atoms with Crippen molar-refractivity contribution < 1.29 is 13.2 Å². The van der Waals surface area contributed by atoms with Crippen LogP contribution in [-0.2, 0) is 21.4 Å². The number of carbonyl (C=O) groups excluding carboxylic acids is 1. The van der Waals surface area contributed by atoms with Crippen molar-refractivity contribution in [3.8, 4) is 0 Å². The van der Waals surface area contributed by atoms with Crippen molar-refractivity contribution >= 4 is 38.6 Å². The Balaban J connectivity index is 1.56. The lowest BCUT2D eigenvalue weighted by Crippen LogP contribution is -2.30. The number of sulfonamides is 1. The van der Waals surface area contributed by atoms with Gasteiger partial charge in [0.05, 0.1) is 16.2 Å². The van der Waals surface area contributed by atoms with Gasteiger partial charge in [0, 0.05) is 25.0 Å². The largest absolute Gasteiger partial charge is 0.351 e. The van der Waals surface area contributed by atoms with Crippen LogP contribution >= 0.6 is 11.8 Å². The lowest BCUT2D eigenvalue weighted by Gasteiger charge is -2.18. The minimum absolute atomic E-state index is 0.123. The Morgan fingerprint density at radius 2 is 1.73 bits per heavy atom. The van der Waals surface area contributed by atoms with E-state index in [0.29, 0.717) is 19.6 Å². The molecule has 0 bridgehead atoms. The summed E-state index contributed by atoms with van der Waals surface area (Å²) in [4.78, 5) is 21.0. The van der Waals surface area contributed by atoms with Gasteiger partial charge in [-0.1, -0.05) is 55.9 Å². The fourth-order valence-corrected chi connectivity index (χ4v) is 5.25. The summed E-state index contributed by atoms with van der Waals surface area (Å²) in [5, 5.41) is 4.54. The number of carbonyl (C=O) groups is 1. The highest BCUT2D eigenvalue weighted by Crippen LogP contribution is 2.23. The van der Waals surface area contributed by atoms with E-state index in [4.69, 9.17) is 0 Å². The minimum atomic E-state index is -3.48. The highest BCUT2D eigenvalue weighted by Gasteiger charge is 2.21. The van der Waals surface area contributed by atoms with Crippen LogP contribution in [0.2, 0.25) is 0 Å². The quantitative estimate of drug-likeness (QED) is 0.403.